The van der Waals surface area contributed by atoms with E-state index in [4.69, 9.17) is 4.52 Å². The summed E-state index contributed by atoms with van der Waals surface area (Å²) in [5, 5.41) is 19.3. The number of amides is 1. The van der Waals surface area contributed by atoms with E-state index in [9.17, 15) is 19.1 Å². The third kappa shape index (κ3) is 5.17. The molecule has 6 aromatic rings. The molecule has 1 aromatic heterocycles. The molecule has 0 saturated carbocycles. The highest BCUT2D eigenvalue weighted by atomic mass is 19.1. The number of hydrogen-bond donors (Lipinski definition) is 2. The molecule has 1 atom stereocenters. The van der Waals surface area contributed by atoms with E-state index in [2.05, 4.69) is 16.5 Å². The van der Waals surface area contributed by atoms with Gasteiger partial charge in [0.1, 0.15) is 5.82 Å². The average molecular weight is 545 g/mol. The predicted octanol–water partition coefficient (Wildman–Crippen LogP) is 7.57. The summed E-state index contributed by atoms with van der Waals surface area (Å²) in [6, 6.07) is 29.9. The van der Waals surface area contributed by atoms with Gasteiger partial charge in [-0.3, -0.25) is 4.79 Å². The summed E-state index contributed by atoms with van der Waals surface area (Å²) in [4.78, 5) is 25.0. The fraction of sp³-hybridized carbons (Fsp3) is 0.0882. The lowest BCUT2D eigenvalue weighted by Crippen LogP contribution is -2.27. The monoisotopic (exact) mass is 544 g/mol. The lowest BCUT2D eigenvalue weighted by atomic mass is 9.96. The van der Waals surface area contributed by atoms with Crippen LogP contribution < -0.4 is 5.32 Å². The van der Waals surface area contributed by atoms with Gasteiger partial charge >= 0.3 is 5.97 Å². The van der Waals surface area contributed by atoms with E-state index in [1.165, 1.54) is 18.2 Å². The molecule has 0 aliphatic heterocycles. The highest BCUT2D eigenvalue weighted by molar-refractivity contribution is 6.08. The van der Waals surface area contributed by atoms with Gasteiger partial charge in [0, 0.05) is 12.0 Å². The second kappa shape index (κ2) is 10.7. The van der Waals surface area contributed by atoms with Crippen LogP contribution in [0.3, 0.4) is 0 Å². The van der Waals surface area contributed by atoms with Crippen molar-refractivity contribution >= 4 is 33.6 Å². The van der Waals surface area contributed by atoms with Crippen molar-refractivity contribution in [3.63, 3.8) is 0 Å². The van der Waals surface area contributed by atoms with Crippen LogP contribution in [-0.4, -0.2) is 22.1 Å². The number of carbonyl (C=O) groups is 2. The number of halogens is 1. The van der Waals surface area contributed by atoms with E-state index in [1.807, 2.05) is 43.3 Å². The molecule has 0 aliphatic rings. The molecule has 5 aromatic carbocycles. The van der Waals surface area contributed by atoms with Gasteiger partial charge in [-0.25, -0.2) is 9.18 Å². The van der Waals surface area contributed by atoms with Crippen LogP contribution >= 0.6 is 0 Å². The molecular weight excluding hydrogens is 519 g/mol. The molecule has 0 saturated heterocycles. The van der Waals surface area contributed by atoms with Crippen molar-refractivity contribution < 1.29 is 23.6 Å². The Balaban J connectivity index is 1.41. The first-order chi connectivity index (χ1) is 19.9. The highest BCUT2D eigenvalue weighted by Gasteiger charge is 2.22. The Morgan fingerprint density at radius 3 is 2.39 bits per heavy atom. The van der Waals surface area contributed by atoms with Crippen molar-refractivity contribution in [2.24, 2.45) is 0 Å². The number of hydrogen-bond acceptors (Lipinski definition) is 4. The summed E-state index contributed by atoms with van der Waals surface area (Å²) >= 11 is 0. The molecule has 0 fully saturated rings. The summed E-state index contributed by atoms with van der Waals surface area (Å²) in [5.41, 5.74) is 4.04. The van der Waals surface area contributed by atoms with Gasteiger partial charge in [0.05, 0.1) is 28.2 Å². The maximum atomic E-state index is 14.8. The number of carboxylic acids is 1. The maximum Gasteiger partial charge on any atom is 0.335 e. The van der Waals surface area contributed by atoms with Crippen molar-refractivity contribution in [2.45, 2.75) is 19.4 Å². The molecular formula is C34H25FN2O4. The lowest BCUT2D eigenvalue weighted by Gasteiger charge is -2.16. The third-order valence-corrected chi connectivity index (χ3v) is 7.27. The third-order valence-electron chi connectivity index (χ3n) is 7.27. The molecule has 6 nitrogen and oxygen atoms in total. The smallest absolute Gasteiger partial charge is 0.335 e. The molecule has 202 valence electrons. The van der Waals surface area contributed by atoms with Crippen LogP contribution in [0.25, 0.3) is 32.9 Å². The van der Waals surface area contributed by atoms with Crippen LogP contribution in [0.4, 0.5) is 4.39 Å². The zero-order valence-electron chi connectivity index (χ0n) is 22.1. The molecule has 1 amide bonds. The van der Waals surface area contributed by atoms with Crippen molar-refractivity contribution in [1.82, 2.24) is 10.5 Å². The van der Waals surface area contributed by atoms with Crippen LogP contribution in [0.15, 0.2) is 108 Å². The minimum Gasteiger partial charge on any atom is -0.478 e. The van der Waals surface area contributed by atoms with Gasteiger partial charge in [-0.1, -0.05) is 78.0 Å². The number of nitrogens with zero attached hydrogens (tertiary/aromatic N) is 1. The number of carbonyl (C=O) groups excluding carboxylic acids is 1. The molecule has 6 rings (SSSR count). The number of carboxylic acid groups (broad SMARTS) is 1. The Labute approximate surface area is 235 Å². The number of aromatic nitrogens is 1. The summed E-state index contributed by atoms with van der Waals surface area (Å²) < 4.78 is 20.5. The average Bonchev–Trinajstić information content (AvgIpc) is 3.39. The summed E-state index contributed by atoms with van der Waals surface area (Å²) in [5.74, 6) is -1.82. The fourth-order valence-corrected chi connectivity index (χ4v) is 5.10. The van der Waals surface area contributed by atoms with Crippen LogP contribution in [0.5, 0.6) is 0 Å². The van der Waals surface area contributed by atoms with Gasteiger partial charge in [0.2, 0.25) is 0 Å². The van der Waals surface area contributed by atoms with E-state index < -0.39 is 17.8 Å². The molecule has 1 heterocycles. The maximum absolute atomic E-state index is 14.8. The second-order valence-corrected chi connectivity index (χ2v) is 9.99. The van der Waals surface area contributed by atoms with E-state index in [-0.39, 0.29) is 11.5 Å². The standard InChI is InChI=1S/C34H25FN2O4/c1-20(22-12-14-24(15-13-22)34(39)40)36-33(38)28-18-26(27-8-4-5-9-29(27)35)19-31-32(28)30(37-41-31)17-21-10-11-23-6-2-3-7-25(23)16-21/h2-16,18-20H,17H2,1H3,(H,36,38)(H,39,40)/t20-/m0/s1. The Hall–Kier alpha value is -5.30. The number of rotatable bonds is 7. The molecule has 0 unspecified atom stereocenters. The first-order valence-electron chi connectivity index (χ1n) is 13.2. The Morgan fingerprint density at radius 1 is 0.902 bits per heavy atom. The molecule has 0 spiro atoms. The van der Waals surface area contributed by atoms with E-state index >= 15 is 0 Å². The number of fused-ring (bicyclic) bond motifs is 2. The zero-order valence-corrected chi connectivity index (χ0v) is 22.1. The van der Waals surface area contributed by atoms with Crippen LogP contribution in [0, 0.1) is 5.82 Å². The first kappa shape index (κ1) is 26.0. The van der Waals surface area contributed by atoms with Crippen LogP contribution in [0.1, 0.15) is 50.5 Å². The fourth-order valence-electron chi connectivity index (χ4n) is 5.10. The first-order valence-corrected chi connectivity index (χ1v) is 13.2. The van der Waals surface area contributed by atoms with Gasteiger partial charge in [-0.05, 0) is 64.7 Å². The number of benzene rings is 5. The molecule has 2 N–H and O–H groups in total. The van der Waals surface area contributed by atoms with Gasteiger partial charge < -0.3 is 14.9 Å². The Morgan fingerprint density at radius 2 is 1.63 bits per heavy atom. The van der Waals surface area contributed by atoms with Gasteiger partial charge in [0.25, 0.3) is 5.91 Å². The molecule has 7 heteroatoms. The van der Waals surface area contributed by atoms with Gasteiger partial charge in [0.15, 0.2) is 5.58 Å². The number of nitrogens with one attached hydrogen (secondary N) is 1. The Bertz CT molecular complexity index is 1930. The minimum atomic E-state index is -1.02. The largest absolute Gasteiger partial charge is 0.478 e. The zero-order chi connectivity index (χ0) is 28.5. The summed E-state index contributed by atoms with van der Waals surface area (Å²) in [6.07, 6.45) is 0.434. The predicted molar refractivity (Wildman–Crippen MR) is 155 cm³/mol. The summed E-state index contributed by atoms with van der Waals surface area (Å²) in [6.45, 7) is 1.81. The van der Waals surface area contributed by atoms with E-state index in [0.29, 0.717) is 39.8 Å². The van der Waals surface area contributed by atoms with Gasteiger partial charge in [-0.2, -0.15) is 0 Å². The van der Waals surface area contributed by atoms with Crippen molar-refractivity contribution in [2.75, 3.05) is 0 Å². The molecule has 0 bridgehead atoms. The van der Waals surface area contributed by atoms with E-state index in [1.54, 1.807) is 42.5 Å². The van der Waals surface area contributed by atoms with Crippen molar-refractivity contribution in [3.05, 3.63) is 137 Å². The minimum absolute atomic E-state index is 0.161. The Kier molecular flexibility index (Phi) is 6.77. The quantitative estimate of drug-likeness (QED) is 0.216. The van der Waals surface area contributed by atoms with Crippen molar-refractivity contribution in [3.8, 4) is 11.1 Å². The second-order valence-electron chi connectivity index (χ2n) is 9.99. The van der Waals surface area contributed by atoms with Crippen molar-refractivity contribution in [1.29, 1.82) is 0 Å². The molecule has 0 radical (unpaired) electrons. The van der Waals surface area contributed by atoms with Gasteiger partial charge in [-0.15, -0.1) is 0 Å². The van der Waals surface area contributed by atoms with Crippen LogP contribution in [0.2, 0.25) is 0 Å². The normalized spacial score (nSPS) is 12.0. The highest BCUT2D eigenvalue weighted by Crippen LogP contribution is 2.33. The SMILES string of the molecule is C[C@H](NC(=O)c1cc(-c2ccccc2F)cc2onc(Cc3ccc4ccccc4c3)c12)c1ccc(C(=O)O)cc1. The topological polar surface area (TPSA) is 92.4 Å². The molecule has 41 heavy (non-hydrogen) atoms. The molecule has 0 aliphatic carbocycles. The lowest BCUT2D eigenvalue weighted by molar-refractivity contribution is 0.0696. The number of aromatic carboxylic acids is 1. The van der Waals surface area contributed by atoms with Crippen LogP contribution in [-0.2, 0) is 6.42 Å². The van der Waals surface area contributed by atoms with E-state index in [0.717, 1.165) is 21.9 Å². The summed E-state index contributed by atoms with van der Waals surface area (Å²) in [7, 11) is 0.